The summed E-state index contributed by atoms with van der Waals surface area (Å²) in [6, 6.07) is 6.78. The number of ether oxygens (including phenoxy) is 1. The molecule has 1 atom stereocenters. The van der Waals surface area contributed by atoms with Crippen molar-refractivity contribution in [1.82, 2.24) is 5.32 Å². The quantitative estimate of drug-likeness (QED) is 0.696. The van der Waals surface area contributed by atoms with E-state index in [0.29, 0.717) is 13.0 Å². The van der Waals surface area contributed by atoms with Gasteiger partial charge in [0.15, 0.2) is 0 Å². The van der Waals surface area contributed by atoms with Crippen LogP contribution in [0, 0.1) is 0 Å². The van der Waals surface area contributed by atoms with Crippen molar-refractivity contribution in [2.45, 2.75) is 19.1 Å². The number of carboxylic acid groups (broad SMARTS) is 1. The molecule has 0 aliphatic carbocycles. The van der Waals surface area contributed by atoms with Crippen LogP contribution in [0.3, 0.4) is 0 Å². The number of hydrogen-bond donors (Lipinski definition) is 2. The van der Waals surface area contributed by atoms with Gasteiger partial charge in [0, 0.05) is 7.11 Å². The first kappa shape index (κ1) is 13.2. The average Bonchev–Trinajstić information content (AvgIpc) is 2.29. The van der Waals surface area contributed by atoms with Gasteiger partial charge in [-0.2, -0.15) is 0 Å². The summed E-state index contributed by atoms with van der Waals surface area (Å²) in [7, 11) is 1.61. The average molecular weight is 237 g/mol. The minimum atomic E-state index is -0.953. The van der Waals surface area contributed by atoms with Gasteiger partial charge in [0.25, 0.3) is 0 Å². The van der Waals surface area contributed by atoms with E-state index in [1.54, 1.807) is 19.2 Å². The number of carboxylic acids is 1. The van der Waals surface area contributed by atoms with E-state index in [1.165, 1.54) is 0 Å². The summed E-state index contributed by atoms with van der Waals surface area (Å²) < 4.78 is 4.97. The van der Waals surface area contributed by atoms with Crippen molar-refractivity contribution in [3.05, 3.63) is 35.4 Å². The molecule has 0 heterocycles. The standard InChI is InChI=1S/C12H15NO4/c1-17-7-9-2-4-10(5-3-9)11(13-8-14)6-12(15)16/h2-5,8,11H,6-7H2,1H3,(H,13,14)(H,15,16)/t11-/m1/s1. The van der Waals surface area contributed by atoms with Crippen LogP contribution >= 0.6 is 0 Å². The van der Waals surface area contributed by atoms with E-state index in [0.717, 1.165) is 11.1 Å². The lowest BCUT2D eigenvalue weighted by Gasteiger charge is -2.14. The molecule has 5 heteroatoms. The Balaban J connectivity index is 2.79. The fourth-order valence-corrected chi connectivity index (χ4v) is 1.54. The highest BCUT2D eigenvalue weighted by Gasteiger charge is 2.14. The minimum absolute atomic E-state index is 0.137. The van der Waals surface area contributed by atoms with E-state index in [4.69, 9.17) is 9.84 Å². The Bertz CT molecular complexity index is 375. The van der Waals surface area contributed by atoms with Crippen molar-refractivity contribution in [2.75, 3.05) is 7.11 Å². The van der Waals surface area contributed by atoms with Gasteiger partial charge in [-0.05, 0) is 11.1 Å². The van der Waals surface area contributed by atoms with Gasteiger partial charge in [0.1, 0.15) is 0 Å². The molecule has 1 aromatic rings. The maximum atomic E-state index is 10.7. The highest BCUT2D eigenvalue weighted by Crippen LogP contribution is 2.17. The number of nitrogens with one attached hydrogen (secondary N) is 1. The molecular formula is C12H15NO4. The predicted molar refractivity (Wildman–Crippen MR) is 61.3 cm³/mol. The molecule has 0 bridgehead atoms. The second-order valence-electron chi connectivity index (χ2n) is 3.61. The van der Waals surface area contributed by atoms with Crippen LogP contribution in [0.2, 0.25) is 0 Å². The first-order chi connectivity index (χ1) is 8.17. The van der Waals surface area contributed by atoms with Gasteiger partial charge < -0.3 is 15.2 Å². The first-order valence-electron chi connectivity index (χ1n) is 5.16. The normalized spacial score (nSPS) is 11.8. The molecule has 1 aromatic carbocycles. The van der Waals surface area contributed by atoms with Crippen LogP contribution in [0.15, 0.2) is 24.3 Å². The number of rotatable bonds is 7. The van der Waals surface area contributed by atoms with Gasteiger partial charge in [-0.15, -0.1) is 0 Å². The monoisotopic (exact) mass is 237 g/mol. The van der Waals surface area contributed by atoms with Crippen molar-refractivity contribution in [1.29, 1.82) is 0 Å². The smallest absolute Gasteiger partial charge is 0.305 e. The summed E-state index contributed by atoms with van der Waals surface area (Å²) in [5, 5.41) is 11.2. The number of aliphatic carboxylic acids is 1. The second-order valence-corrected chi connectivity index (χ2v) is 3.61. The molecule has 5 nitrogen and oxygen atoms in total. The second kappa shape index (κ2) is 6.65. The molecule has 2 N–H and O–H groups in total. The lowest BCUT2D eigenvalue weighted by atomic mass is 10.0. The van der Waals surface area contributed by atoms with Gasteiger partial charge in [-0.1, -0.05) is 24.3 Å². The molecule has 0 radical (unpaired) electrons. The van der Waals surface area contributed by atoms with Crippen molar-refractivity contribution < 1.29 is 19.4 Å². The molecule has 0 saturated heterocycles. The van der Waals surface area contributed by atoms with E-state index >= 15 is 0 Å². The molecule has 1 amide bonds. The number of carbonyl (C=O) groups excluding carboxylic acids is 1. The van der Waals surface area contributed by atoms with Crippen LogP contribution in [-0.2, 0) is 20.9 Å². The molecule has 0 aliphatic heterocycles. The van der Waals surface area contributed by atoms with E-state index in [-0.39, 0.29) is 6.42 Å². The Morgan fingerprint density at radius 2 is 2.12 bits per heavy atom. The zero-order valence-electron chi connectivity index (χ0n) is 9.55. The topological polar surface area (TPSA) is 75.6 Å². The Hall–Kier alpha value is -1.88. The summed E-state index contributed by atoms with van der Waals surface area (Å²) in [4.78, 5) is 21.1. The van der Waals surface area contributed by atoms with Gasteiger partial charge in [-0.25, -0.2) is 0 Å². The third-order valence-electron chi connectivity index (χ3n) is 2.34. The summed E-state index contributed by atoms with van der Waals surface area (Å²) in [5.74, 6) is -0.953. The van der Waals surface area contributed by atoms with Gasteiger partial charge in [0.2, 0.25) is 6.41 Å². The van der Waals surface area contributed by atoms with Crippen LogP contribution < -0.4 is 5.32 Å². The zero-order chi connectivity index (χ0) is 12.7. The zero-order valence-corrected chi connectivity index (χ0v) is 9.55. The van der Waals surface area contributed by atoms with Crippen LogP contribution in [0.5, 0.6) is 0 Å². The fourth-order valence-electron chi connectivity index (χ4n) is 1.54. The molecule has 1 rings (SSSR count). The lowest BCUT2D eigenvalue weighted by molar-refractivity contribution is -0.137. The maximum Gasteiger partial charge on any atom is 0.305 e. The van der Waals surface area contributed by atoms with Crippen LogP contribution in [0.4, 0.5) is 0 Å². The molecular weight excluding hydrogens is 222 g/mol. The molecule has 0 spiro atoms. The van der Waals surface area contributed by atoms with E-state index in [9.17, 15) is 9.59 Å². The molecule has 17 heavy (non-hydrogen) atoms. The van der Waals surface area contributed by atoms with Crippen molar-refractivity contribution in [3.63, 3.8) is 0 Å². The van der Waals surface area contributed by atoms with Crippen molar-refractivity contribution in [3.8, 4) is 0 Å². The third-order valence-corrected chi connectivity index (χ3v) is 2.34. The number of amides is 1. The van der Waals surface area contributed by atoms with Crippen LogP contribution in [0.25, 0.3) is 0 Å². The fraction of sp³-hybridized carbons (Fsp3) is 0.333. The lowest BCUT2D eigenvalue weighted by Crippen LogP contribution is -2.22. The highest BCUT2D eigenvalue weighted by molar-refractivity contribution is 5.68. The molecule has 0 saturated carbocycles. The minimum Gasteiger partial charge on any atom is -0.481 e. The molecule has 92 valence electrons. The third kappa shape index (κ3) is 4.24. The Morgan fingerprint density at radius 3 is 2.59 bits per heavy atom. The molecule has 0 unspecified atom stereocenters. The highest BCUT2D eigenvalue weighted by atomic mass is 16.5. The van der Waals surface area contributed by atoms with E-state index in [1.807, 2.05) is 12.1 Å². The summed E-state index contributed by atoms with van der Waals surface area (Å²) in [6.07, 6.45) is 0.374. The maximum absolute atomic E-state index is 10.7. The van der Waals surface area contributed by atoms with Crippen molar-refractivity contribution >= 4 is 12.4 Å². The first-order valence-corrected chi connectivity index (χ1v) is 5.16. The Morgan fingerprint density at radius 1 is 1.47 bits per heavy atom. The van der Waals surface area contributed by atoms with Crippen LogP contribution in [0.1, 0.15) is 23.6 Å². The van der Waals surface area contributed by atoms with Crippen LogP contribution in [-0.4, -0.2) is 24.6 Å². The number of hydrogen-bond acceptors (Lipinski definition) is 3. The molecule has 0 aromatic heterocycles. The van der Waals surface area contributed by atoms with Gasteiger partial charge >= 0.3 is 5.97 Å². The van der Waals surface area contributed by atoms with Gasteiger partial charge in [0.05, 0.1) is 19.1 Å². The SMILES string of the molecule is COCc1ccc([C@@H](CC(=O)O)NC=O)cc1. The summed E-state index contributed by atoms with van der Waals surface area (Å²) >= 11 is 0. The molecule has 0 fully saturated rings. The number of benzene rings is 1. The Labute approximate surface area is 99.4 Å². The van der Waals surface area contributed by atoms with Gasteiger partial charge in [-0.3, -0.25) is 9.59 Å². The largest absolute Gasteiger partial charge is 0.481 e. The number of methoxy groups -OCH3 is 1. The predicted octanol–water partition coefficient (Wildman–Crippen LogP) is 1.09. The summed E-state index contributed by atoms with van der Waals surface area (Å²) in [6.45, 7) is 0.505. The summed E-state index contributed by atoms with van der Waals surface area (Å²) in [5.41, 5.74) is 1.76. The Kier molecular flexibility index (Phi) is 5.16. The van der Waals surface area contributed by atoms with E-state index in [2.05, 4.69) is 5.32 Å². The number of carbonyl (C=O) groups is 2. The molecule has 0 aliphatic rings. The van der Waals surface area contributed by atoms with E-state index < -0.39 is 12.0 Å². The van der Waals surface area contributed by atoms with Crippen molar-refractivity contribution in [2.24, 2.45) is 0 Å².